The summed E-state index contributed by atoms with van der Waals surface area (Å²) in [4.78, 5) is 3.94. The van der Waals surface area contributed by atoms with Crippen molar-refractivity contribution >= 4 is 11.6 Å². The minimum Gasteiger partial charge on any atom is -0.384 e. The Morgan fingerprint density at radius 3 is 2.58 bits per heavy atom. The first-order valence-electron chi connectivity index (χ1n) is 6.30. The molecular formula is C13H18F3N3. The molecule has 1 aromatic heterocycles. The largest absolute Gasteiger partial charge is 0.416 e. The van der Waals surface area contributed by atoms with Crippen LogP contribution in [-0.2, 0) is 6.18 Å². The smallest absolute Gasteiger partial charge is 0.384 e. The zero-order chi connectivity index (χ0) is 14.3. The van der Waals surface area contributed by atoms with Gasteiger partial charge in [0.2, 0.25) is 0 Å². The molecule has 3 nitrogen and oxygen atoms in total. The molecule has 0 spiro atoms. The van der Waals surface area contributed by atoms with Crippen LogP contribution in [-0.4, -0.2) is 11.0 Å². The van der Waals surface area contributed by atoms with E-state index in [1.165, 1.54) is 0 Å². The minimum absolute atomic E-state index is 0.0602. The van der Waals surface area contributed by atoms with Gasteiger partial charge in [-0.3, -0.25) is 0 Å². The highest BCUT2D eigenvalue weighted by molar-refractivity contribution is 5.48. The molecule has 1 fully saturated rings. The van der Waals surface area contributed by atoms with Crippen molar-refractivity contribution in [2.75, 3.05) is 11.1 Å². The van der Waals surface area contributed by atoms with Crippen molar-refractivity contribution < 1.29 is 13.2 Å². The molecule has 2 rings (SSSR count). The van der Waals surface area contributed by atoms with E-state index in [0.717, 1.165) is 31.4 Å². The molecule has 1 saturated carbocycles. The summed E-state index contributed by atoms with van der Waals surface area (Å²) in [6, 6.07) is 2.00. The number of nitrogen functional groups attached to an aromatic ring is 1. The summed E-state index contributed by atoms with van der Waals surface area (Å²) >= 11 is 0. The summed E-state index contributed by atoms with van der Waals surface area (Å²) in [6.45, 7) is 4.21. The number of anilines is 2. The molecule has 1 aliphatic rings. The molecule has 1 aromatic rings. The molecular weight excluding hydrogens is 255 g/mol. The summed E-state index contributed by atoms with van der Waals surface area (Å²) in [5.74, 6) is 0.0837. The number of pyridine rings is 1. The molecule has 3 N–H and O–H groups in total. The van der Waals surface area contributed by atoms with Gasteiger partial charge in [0.1, 0.15) is 11.6 Å². The van der Waals surface area contributed by atoms with E-state index < -0.39 is 11.7 Å². The summed E-state index contributed by atoms with van der Waals surface area (Å²) < 4.78 is 38.1. The molecule has 1 aliphatic carbocycles. The highest BCUT2D eigenvalue weighted by Crippen LogP contribution is 2.39. The molecule has 0 radical (unpaired) electrons. The summed E-state index contributed by atoms with van der Waals surface area (Å²) in [5, 5.41) is 3.09. The first-order chi connectivity index (χ1) is 8.68. The number of hydrogen-bond acceptors (Lipinski definition) is 3. The predicted octanol–water partition coefficient (Wildman–Crippen LogP) is 3.67. The van der Waals surface area contributed by atoms with Crippen LogP contribution in [0.4, 0.5) is 24.8 Å². The molecule has 6 heteroatoms. The second-order valence-electron chi connectivity index (χ2n) is 5.74. The quantitative estimate of drug-likeness (QED) is 0.864. The summed E-state index contributed by atoms with van der Waals surface area (Å²) in [5.41, 5.74) is 4.74. The first kappa shape index (κ1) is 14.0. The maximum Gasteiger partial charge on any atom is 0.416 e. The van der Waals surface area contributed by atoms with Gasteiger partial charge in [-0.05, 0) is 30.4 Å². The average Bonchev–Trinajstić information content (AvgIpc) is 2.56. The Bertz CT molecular complexity index is 469. The van der Waals surface area contributed by atoms with Crippen LogP contribution in [0.15, 0.2) is 12.1 Å². The molecule has 0 amide bonds. The average molecular weight is 273 g/mol. The van der Waals surface area contributed by atoms with Gasteiger partial charge >= 0.3 is 6.18 Å². The van der Waals surface area contributed by atoms with Crippen molar-refractivity contribution in [3.05, 3.63) is 17.7 Å². The van der Waals surface area contributed by atoms with E-state index >= 15 is 0 Å². The molecule has 0 aliphatic heterocycles. The molecule has 1 unspecified atom stereocenters. The Balaban J connectivity index is 2.24. The maximum absolute atomic E-state index is 12.7. The zero-order valence-corrected chi connectivity index (χ0v) is 11.0. The number of aromatic nitrogens is 1. The number of nitrogens with zero attached hydrogens (tertiary/aromatic N) is 1. The van der Waals surface area contributed by atoms with E-state index in [2.05, 4.69) is 24.1 Å². The van der Waals surface area contributed by atoms with E-state index in [4.69, 9.17) is 5.73 Å². The summed E-state index contributed by atoms with van der Waals surface area (Å²) in [7, 11) is 0. The molecule has 0 bridgehead atoms. The lowest BCUT2D eigenvalue weighted by molar-refractivity contribution is -0.137. The van der Waals surface area contributed by atoms with Crippen molar-refractivity contribution in [1.82, 2.24) is 4.98 Å². The van der Waals surface area contributed by atoms with E-state index in [0.29, 0.717) is 0 Å². The first-order valence-corrected chi connectivity index (χ1v) is 6.30. The Morgan fingerprint density at radius 1 is 1.37 bits per heavy atom. The molecule has 106 valence electrons. The fourth-order valence-electron chi connectivity index (χ4n) is 2.56. The number of nitrogens with two attached hydrogens (primary N) is 1. The van der Waals surface area contributed by atoms with Crippen molar-refractivity contribution in [2.24, 2.45) is 5.41 Å². The van der Waals surface area contributed by atoms with E-state index in [1.54, 1.807) is 0 Å². The third-order valence-electron chi connectivity index (χ3n) is 3.75. The van der Waals surface area contributed by atoms with Gasteiger partial charge in [0.25, 0.3) is 0 Å². The fraction of sp³-hybridized carbons (Fsp3) is 0.615. The topological polar surface area (TPSA) is 50.9 Å². The molecule has 0 aromatic carbocycles. The van der Waals surface area contributed by atoms with Gasteiger partial charge in [-0.1, -0.05) is 20.3 Å². The monoisotopic (exact) mass is 273 g/mol. The van der Waals surface area contributed by atoms with Gasteiger partial charge in [-0.15, -0.1) is 0 Å². The van der Waals surface area contributed by atoms with Crippen molar-refractivity contribution in [3.63, 3.8) is 0 Å². The number of nitrogens with one attached hydrogen (secondary N) is 1. The second-order valence-corrected chi connectivity index (χ2v) is 5.74. The zero-order valence-electron chi connectivity index (χ0n) is 11.0. The van der Waals surface area contributed by atoms with Crippen molar-refractivity contribution in [1.29, 1.82) is 0 Å². The molecule has 1 atom stereocenters. The van der Waals surface area contributed by atoms with Gasteiger partial charge in [-0.2, -0.15) is 13.2 Å². The van der Waals surface area contributed by atoms with Crippen LogP contribution in [0.5, 0.6) is 0 Å². The number of hydrogen-bond donors (Lipinski definition) is 2. The normalized spacial score (nSPS) is 22.5. The Kier molecular flexibility index (Phi) is 3.36. The van der Waals surface area contributed by atoms with Gasteiger partial charge in [0, 0.05) is 6.04 Å². The minimum atomic E-state index is -4.40. The van der Waals surface area contributed by atoms with Crippen LogP contribution in [0.25, 0.3) is 0 Å². The maximum atomic E-state index is 12.7. The molecule has 19 heavy (non-hydrogen) atoms. The van der Waals surface area contributed by atoms with Gasteiger partial charge in [-0.25, -0.2) is 4.98 Å². The van der Waals surface area contributed by atoms with Crippen LogP contribution in [0, 0.1) is 5.41 Å². The standard InChI is InChI=1S/C13H18F3N3/c1-12(2)5-3-4-9(12)18-11-7-8(13(14,15)16)6-10(17)19-11/h6-7,9H,3-5H2,1-2H3,(H3,17,18,19). The van der Waals surface area contributed by atoms with Crippen LogP contribution in [0.3, 0.4) is 0 Å². The van der Waals surface area contributed by atoms with Gasteiger partial charge in [0.15, 0.2) is 0 Å². The van der Waals surface area contributed by atoms with E-state index in [-0.39, 0.29) is 23.1 Å². The van der Waals surface area contributed by atoms with Crippen molar-refractivity contribution in [2.45, 2.75) is 45.3 Å². The third-order valence-corrected chi connectivity index (χ3v) is 3.75. The van der Waals surface area contributed by atoms with Crippen LogP contribution >= 0.6 is 0 Å². The fourth-order valence-corrected chi connectivity index (χ4v) is 2.56. The van der Waals surface area contributed by atoms with E-state index in [9.17, 15) is 13.2 Å². The number of halogens is 3. The summed E-state index contributed by atoms with van der Waals surface area (Å²) in [6.07, 6.45) is -1.35. The molecule has 1 heterocycles. The highest BCUT2D eigenvalue weighted by Gasteiger charge is 2.35. The Hall–Kier alpha value is -1.46. The SMILES string of the molecule is CC1(C)CCCC1Nc1cc(C(F)(F)F)cc(N)n1. The predicted molar refractivity (Wildman–Crippen MR) is 68.7 cm³/mol. The van der Waals surface area contributed by atoms with Gasteiger partial charge < -0.3 is 11.1 Å². The lowest BCUT2D eigenvalue weighted by Crippen LogP contribution is -2.31. The third kappa shape index (κ3) is 3.11. The second kappa shape index (κ2) is 4.58. The highest BCUT2D eigenvalue weighted by atomic mass is 19.4. The van der Waals surface area contributed by atoms with Crippen LogP contribution in [0.1, 0.15) is 38.7 Å². The van der Waals surface area contributed by atoms with Crippen molar-refractivity contribution in [3.8, 4) is 0 Å². The number of alkyl halides is 3. The van der Waals surface area contributed by atoms with Crippen LogP contribution < -0.4 is 11.1 Å². The Morgan fingerprint density at radius 2 is 2.05 bits per heavy atom. The van der Waals surface area contributed by atoms with Crippen LogP contribution in [0.2, 0.25) is 0 Å². The van der Waals surface area contributed by atoms with Gasteiger partial charge in [0.05, 0.1) is 5.56 Å². The lowest BCUT2D eigenvalue weighted by Gasteiger charge is -2.28. The number of rotatable bonds is 2. The lowest BCUT2D eigenvalue weighted by atomic mass is 9.87. The molecule has 0 saturated heterocycles. The Labute approximate surface area is 110 Å². The van der Waals surface area contributed by atoms with E-state index in [1.807, 2.05) is 0 Å².